The Bertz CT molecular complexity index is 134. The highest BCUT2D eigenvalue weighted by molar-refractivity contribution is 5.10. The normalized spacial score (nSPS) is 46.2. The second kappa shape index (κ2) is 1.76. The average molecular weight is 140 g/mol. The van der Waals surface area contributed by atoms with Crippen molar-refractivity contribution in [3.8, 4) is 0 Å². The third-order valence-electron chi connectivity index (χ3n) is 3.34. The molecular formula is C9H16O. The van der Waals surface area contributed by atoms with Crippen molar-refractivity contribution in [2.75, 3.05) is 0 Å². The molecule has 1 atom stereocenters. The number of hydrogen-bond donors (Lipinski definition) is 1. The lowest BCUT2D eigenvalue weighted by Gasteiger charge is -2.64. The van der Waals surface area contributed by atoms with Crippen molar-refractivity contribution in [2.45, 2.75) is 39.2 Å². The number of aliphatic hydroxyl groups excluding tert-OH is 1. The van der Waals surface area contributed by atoms with Crippen LogP contribution < -0.4 is 0 Å². The van der Waals surface area contributed by atoms with Crippen LogP contribution in [0.1, 0.15) is 33.1 Å². The highest BCUT2D eigenvalue weighted by Gasteiger charge is 2.60. The van der Waals surface area contributed by atoms with E-state index in [9.17, 15) is 5.11 Å². The van der Waals surface area contributed by atoms with E-state index in [4.69, 9.17) is 0 Å². The number of hydrogen-bond acceptors (Lipinski definition) is 1. The standard InChI is InChI=1S/C9H16O/c1-6(2)8(10)9-3-7(4-9)5-9/h6-8,10H,3-5H2,1-2H3. The predicted molar refractivity (Wildman–Crippen MR) is 40.6 cm³/mol. The highest BCUT2D eigenvalue weighted by Crippen LogP contribution is 2.66. The Labute approximate surface area is 62.4 Å². The fourth-order valence-corrected chi connectivity index (χ4v) is 2.61. The third-order valence-corrected chi connectivity index (χ3v) is 3.34. The zero-order valence-corrected chi connectivity index (χ0v) is 6.80. The molecule has 0 aliphatic heterocycles. The molecule has 0 aromatic carbocycles. The molecular weight excluding hydrogens is 124 g/mol. The zero-order valence-electron chi connectivity index (χ0n) is 6.80. The van der Waals surface area contributed by atoms with Gasteiger partial charge >= 0.3 is 0 Å². The van der Waals surface area contributed by atoms with E-state index in [2.05, 4.69) is 13.8 Å². The van der Waals surface area contributed by atoms with Crippen molar-refractivity contribution >= 4 is 0 Å². The van der Waals surface area contributed by atoms with E-state index in [1.165, 1.54) is 19.3 Å². The molecule has 3 aliphatic rings. The largest absolute Gasteiger partial charge is 0.392 e. The van der Waals surface area contributed by atoms with E-state index in [1.54, 1.807) is 0 Å². The molecule has 0 heterocycles. The molecule has 3 aliphatic carbocycles. The van der Waals surface area contributed by atoms with Crippen molar-refractivity contribution in [3.05, 3.63) is 0 Å². The van der Waals surface area contributed by atoms with Gasteiger partial charge in [0.05, 0.1) is 6.10 Å². The van der Waals surface area contributed by atoms with Gasteiger partial charge in [-0.1, -0.05) is 13.8 Å². The van der Waals surface area contributed by atoms with Crippen molar-refractivity contribution in [2.24, 2.45) is 17.3 Å². The molecule has 1 nitrogen and oxygen atoms in total. The number of aliphatic hydroxyl groups is 1. The second-order valence-electron chi connectivity index (χ2n) is 4.53. The summed E-state index contributed by atoms with van der Waals surface area (Å²) in [4.78, 5) is 0. The molecule has 10 heavy (non-hydrogen) atoms. The summed E-state index contributed by atoms with van der Waals surface area (Å²) in [7, 11) is 0. The van der Waals surface area contributed by atoms with Gasteiger partial charge in [-0.3, -0.25) is 0 Å². The van der Waals surface area contributed by atoms with Gasteiger partial charge in [0, 0.05) is 0 Å². The third kappa shape index (κ3) is 0.619. The van der Waals surface area contributed by atoms with E-state index in [1.807, 2.05) is 0 Å². The molecule has 0 radical (unpaired) electrons. The lowest BCUT2D eigenvalue weighted by Crippen LogP contribution is -2.59. The molecule has 0 amide bonds. The van der Waals surface area contributed by atoms with E-state index in [0.717, 1.165) is 5.92 Å². The van der Waals surface area contributed by atoms with Crippen LogP contribution in [0.25, 0.3) is 0 Å². The quantitative estimate of drug-likeness (QED) is 0.620. The van der Waals surface area contributed by atoms with Crippen LogP contribution in [0, 0.1) is 17.3 Å². The monoisotopic (exact) mass is 140 g/mol. The van der Waals surface area contributed by atoms with E-state index < -0.39 is 0 Å². The minimum Gasteiger partial charge on any atom is -0.392 e. The van der Waals surface area contributed by atoms with Crippen molar-refractivity contribution in [1.29, 1.82) is 0 Å². The van der Waals surface area contributed by atoms with Crippen LogP contribution in [0.15, 0.2) is 0 Å². The molecule has 3 fully saturated rings. The lowest BCUT2D eigenvalue weighted by molar-refractivity contribution is -0.195. The van der Waals surface area contributed by atoms with E-state index in [0.29, 0.717) is 11.3 Å². The average Bonchev–Trinajstić information content (AvgIpc) is 1.56. The van der Waals surface area contributed by atoms with Crippen molar-refractivity contribution in [1.82, 2.24) is 0 Å². The van der Waals surface area contributed by atoms with E-state index in [-0.39, 0.29) is 6.10 Å². The SMILES string of the molecule is CC(C)C(O)C12CC(C1)C2. The van der Waals surface area contributed by atoms with Gasteiger partial charge in [-0.2, -0.15) is 0 Å². The van der Waals surface area contributed by atoms with Crippen LogP contribution in [0.3, 0.4) is 0 Å². The molecule has 0 saturated heterocycles. The summed E-state index contributed by atoms with van der Waals surface area (Å²) in [5.41, 5.74) is 0.402. The van der Waals surface area contributed by atoms with Crippen LogP contribution in [0.5, 0.6) is 0 Å². The Morgan fingerprint density at radius 1 is 1.30 bits per heavy atom. The van der Waals surface area contributed by atoms with Crippen molar-refractivity contribution in [3.63, 3.8) is 0 Å². The first-order chi connectivity index (χ1) is 4.64. The molecule has 0 spiro atoms. The summed E-state index contributed by atoms with van der Waals surface area (Å²) in [5.74, 6) is 1.45. The van der Waals surface area contributed by atoms with Gasteiger partial charge in [-0.15, -0.1) is 0 Å². The van der Waals surface area contributed by atoms with Gasteiger partial charge in [-0.05, 0) is 36.5 Å². The fourth-order valence-electron chi connectivity index (χ4n) is 2.61. The Balaban J connectivity index is 1.98. The molecule has 0 aromatic heterocycles. The summed E-state index contributed by atoms with van der Waals surface area (Å²) in [5, 5.41) is 9.74. The van der Waals surface area contributed by atoms with Crippen LogP contribution in [0.4, 0.5) is 0 Å². The molecule has 58 valence electrons. The number of rotatable bonds is 2. The summed E-state index contributed by atoms with van der Waals surface area (Å²) in [6, 6.07) is 0. The van der Waals surface area contributed by atoms with Crippen LogP contribution >= 0.6 is 0 Å². The van der Waals surface area contributed by atoms with Crippen LogP contribution in [-0.2, 0) is 0 Å². The van der Waals surface area contributed by atoms with Crippen molar-refractivity contribution < 1.29 is 5.11 Å². The minimum absolute atomic E-state index is 0.0162. The zero-order chi connectivity index (χ0) is 7.35. The fraction of sp³-hybridized carbons (Fsp3) is 1.00. The van der Waals surface area contributed by atoms with Gasteiger partial charge in [0.1, 0.15) is 0 Å². The maximum absolute atomic E-state index is 9.74. The Morgan fingerprint density at radius 2 is 1.80 bits per heavy atom. The summed E-state index contributed by atoms with van der Waals surface area (Å²) < 4.78 is 0. The Kier molecular flexibility index (Phi) is 1.17. The maximum Gasteiger partial charge on any atom is 0.0619 e. The Hall–Kier alpha value is -0.0400. The highest BCUT2D eigenvalue weighted by atomic mass is 16.3. The first-order valence-corrected chi connectivity index (χ1v) is 4.32. The maximum atomic E-state index is 9.74. The molecule has 3 rings (SSSR count). The first kappa shape index (κ1) is 6.66. The van der Waals surface area contributed by atoms with Crippen LogP contribution in [-0.4, -0.2) is 11.2 Å². The minimum atomic E-state index is -0.0162. The topological polar surface area (TPSA) is 20.2 Å². The molecule has 0 aromatic rings. The molecule has 1 N–H and O–H groups in total. The lowest BCUT2D eigenvalue weighted by atomic mass is 9.41. The summed E-state index contributed by atoms with van der Waals surface area (Å²) in [6.45, 7) is 4.23. The van der Waals surface area contributed by atoms with Gasteiger partial charge < -0.3 is 5.11 Å². The van der Waals surface area contributed by atoms with Gasteiger partial charge in [0.15, 0.2) is 0 Å². The molecule has 3 saturated carbocycles. The van der Waals surface area contributed by atoms with Gasteiger partial charge in [0.25, 0.3) is 0 Å². The smallest absolute Gasteiger partial charge is 0.0619 e. The summed E-state index contributed by atoms with van der Waals surface area (Å²) in [6.07, 6.45) is 3.92. The van der Waals surface area contributed by atoms with Gasteiger partial charge in [0.2, 0.25) is 0 Å². The molecule has 2 bridgehead atoms. The Morgan fingerprint density at radius 3 is 1.90 bits per heavy atom. The van der Waals surface area contributed by atoms with Crippen LogP contribution in [0.2, 0.25) is 0 Å². The van der Waals surface area contributed by atoms with E-state index >= 15 is 0 Å². The molecule has 1 unspecified atom stereocenters. The molecule has 1 heteroatoms. The predicted octanol–water partition coefficient (Wildman–Crippen LogP) is 1.80. The second-order valence-corrected chi connectivity index (χ2v) is 4.53. The first-order valence-electron chi connectivity index (χ1n) is 4.32. The van der Waals surface area contributed by atoms with Gasteiger partial charge in [-0.25, -0.2) is 0 Å². The summed E-state index contributed by atoms with van der Waals surface area (Å²) >= 11 is 0.